The highest BCUT2D eigenvalue weighted by Gasteiger charge is 2.33. The third kappa shape index (κ3) is 4.75. The molecule has 1 N–H and O–H groups in total. The molecule has 1 atom stereocenters. The van der Waals surface area contributed by atoms with Gasteiger partial charge in [-0.3, -0.25) is 4.79 Å². The van der Waals surface area contributed by atoms with Gasteiger partial charge in [-0.25, -0.2) is 0 Å². The van der Waals surface area contributed by atoms with E-state index in [1.165, 1.54) is 11.4 Å². The lowest BCUT2D eigenvalue weighted by Gasteiger charge is -2.36. The predicted molar refractivity (Wildman–Crippen MR) is 101 cm³/mol. The molecule has 0 aliphatic carbocycles. The Hall–Kier alpha value is -2.08. The van der Waals surface area contributed by atoms with Crippen molar-refractivity contribution in [1.29, 1.82) is 0 Å². The number of hydrogen-bond acceptors (Lipinski definition) is 5. The van der Waals surface area contributed by atoms with Crippen LogP contribution in [0.3, 0.4) is 0 Å². The number of carbonyl (C=O) groups is 1. The summed E-state index contributed by atoms with van der Waals surface area (Å²) in [6, 6.07) is 6.69. The van der Waals surface area contributed by atoms with E-state index in [4.69, 9.17) is 11.2 Å². The first-order chi connectivity index (χ1) is 12.3. The van der Waals surface area contributed by atoms with Crippen LogP contribution in [0.5, 0.6) is 0 Å². The first-order valence-electron chi connectivity index (χ1n) is 8.45. The molecule has 1 aromatic rings. The Morgan fingerprint density at radius 3 is 2.23 bits per heavy atom. The highest BCUT2D eigenvalue weighted by atomic mass is 32.2. The van der Waals surface area contributed by atoms with Crippen molar-refractivity contribution < 1.29 is 17.9 Å². The van der Waals surface area contributed by atoms with Gasteiger partial charge in [0, 0.05) is 37.4 Å². The van der Waals surface area contributed by atoms with E-state index in [2.05, 4.69) is 15.5 Å². The zero-order valence-corrected chi connectivity index (χ0v) is 16.1. The van der Waals surface area contributed by atoms with Crippen molar-refractivity contribution >= 4 is 21.9 Å². The lowest BCUT2D eigenvalue weighted by molar-refractivity contribution is -0.143. The number of ether oxygens (including phenoxy) is 1. The van der Waals surface area contributed by atoms with Gasteiger partial charge in [0.2, 0.25) is 0 Å². The fraction of sp³-hybridized carbons (Fsp3) is 0.500. The highest BCUT2D eigenvalue weighted by Crippen LogP contribution is 2.18. The minimum atomic E-state index is -3.77. The van der Waals surface area contributed by atoms with Crippen LogP contribution in [0.25, 0.3) is 0 Å². The second-order valence-electron chi connectivity index (χ2n) is 6.45. The molecule has 26 heavy (non-hydrogen) atoms. The van der Waals surface area contributed by atoms with Gasteiger partial charge in [-0.05, 0) is 30.2 Å². The molecule has 0 bridgehead atoms. The standard InChI is InChI=1S/C18H25N3O4S/c1-5-15-6-8-16(9-7-15)20-10-12-21(13-11-20)26(23,24)19-17(14(2)3)18(22)25-4/h1,6-9,14,17,19H,10-13H2,2-4H3/t17-/m1/s1. The highest BCUT2D eigenvalue weighted by molar-refractivity contribution is 7.87. The summed E-state index contributed by atoms with van der Waals surface area (Å²) in [5.74, 6) is 1.77. The number of piperazine rings is 1. The maximum atomic E-state index is 12.6. The lowest BCUT2D eigenvalue weighted by atomic mass is 10.1. The number of benzene rings is 1. The van der Waals surface area contributed by atoms with Gasteiger partial charge in [0.15, 0.2) is 0 Å². The molecule has 142 valence electrons. The van der Waals surface area contributed by atoms with Crippen molar-refractivity contribution in [3.05, 3.63) is 29.8 Å². The number of rotatable bonds is 6. The zero-order chi connectivity index (χ0) is 19.3. The molecule has 1 aliphatic rings. The van der Waals surface area contributed by atoms with Crippen LogP contribution in [0.4, 0.5) is 5.69 Å². The average Bonchev–Trinajstić information content (AvgIpc) is 2.65. The summed E-state index contributed by atoms with van der Waals surface area (Å²) in [6.07, 6.45) is 5.36. The Bertz CT molecular complexity index is 761. The summed E-state index contributed by atoms with van der Waals surface area (Å²) in [7, 11) is -2.52. The third-order valence-corrected chi connectivity index (χ3v) is 5.97. The number of esters is 1. The largest absolute Gasteiger partial charge is 0.468 e. The zero-order valence-electron chi connectivity index (χ0n) is 15.3. The Labute approximate surface area is 155 Å². The summed E-state index contributed by atoms with van der Waals surface area (Å²) in [4.78, 5) is 13.9. The number of anilines is 1. The number of carbonyl (C=O) groups excluding carboxylic acids is 1. The molecule has 0 spiro atoms. The van der Waals surface area contributed by atoms with Crippen LogP contribution in [0, 0.1) is 18.3 Å². The molecular weight excluding hydrogens is 354 g/mol. The summed E-state index contributed by atoms with van der Waals surface area (Å²) in [6.45, 7) is 5.31. The van der Waals surface area contributed by atoms with E-state index >= 15 is 0 Å². The van der Waals surface area contributed by atoms with Crippen LogP contribution in [0.15, 0.2) is 24.3 Å². The fourth-order valence-electron chi connectivity index (χ4n) is 2.77. The molecule has 0 amide bonds. The minimum absolute atomic E-state index is 0.215. The van der Waals surface area contributed by atoms with Crippen molar-refractivity contribution in [1.82, 2.24) is 9.03 Å². The smallest absolute Gasteiger partial charge is 0.324 e. The van der Waals surface area contributed by atoms with E-state index in [1.807, 2.05) is 24.3 Å². The Morgan fingerprint density at radius 2 is 1.77 bits per heavy atom. The van der Waals surface area contributed by atoms with Gasteiger partial charge in [0.25, 0.3) is 10.2 Å². The van der Waals surface area contributed by atoms with Crippen LogP contribution in [0.1, 0.15) is 19.4 Å². The van der Waals surface area contributed by atoms with E-state index in [1.54, 1.807) is 13.8 Å². The first kappa shape index (κ1) is 20.2. The molecule has 0 radical (unpaired) electrons. The summed E-state index contributed by atoms with van der Waals surface area (Å²) < 4.78 is 33.7. The predicted octanol–water partition coefficient (Wildman–Crippen LogP) is 0.822. The molecule has 1 aromatic carbocycles. The van der Waals surface area contributed by atoms with Crippen molar-refractivity contribution in [2.24, 2.45) is 5.92 Å². The Morgan fingerprint density at radius 1 is 1.19 bits per heavy atom. The van der Waals surface area contributed by atoms with E-state index < -0.39 is 22.2 Å². The van der Waals surface area contributed by atoms with Gasteiger partial charge in [0.05, 0.1) is 7.11 Å². The number of methoxy groups -OCH3 is 1. The first-order valence-corrected chi connectivity index (χ1v) is 9.89. The van der Waals surface area contributed by atoms with Crippen LogP contribution < -0.4 is 9.62 Å². The molecule has 0 saturated carbocycles. The summed E-state index contributed by atoms with van der Waals surface area (Å²) >= 11 is 0. The number of hydrogen-bond donors (Lipinski definition) is 1. The van der Waals surface area contributed by atoms with Crippen molar-refractivity contribution in [3.8, 4) is 12.3 Å². The minimum Gasteiger partial charge on any atom is -0.468 e. The van der Waals surface area contributed by atoms with Crippen LogP contribution >= 0.6 is 0 Å². The van der Waals surface area contributed by atoms with Gasteiger partial charge in [-0.15, -0.1) is 6.42 Å². The molecular formula is C18H25N3O4S. The van der Waals surface area contributed by atoms with Gasteiger partial charge < -0.3 is 9.64 Å². The lowest BCUT2D eigenvalue weighted by Crippen LogP contribution is -2.56. The topological polar surface area (TPSA) is 79.0 Å². The van der Waals surface area contributed by atoms with Gasteiger partial charge in [-0.1, -0.05) is 19.8 Å². The maximum absolute atomic E-state index is 12.6. The second kappa shape index (κ2) is 8.54. The molecule has 0 aromatic heterocycles. The molecule has 1 aliphatic heterocycles. The SMILES string of the molecule is C#Cc1ccc(N2CCN(S(=O)(=O)N[C@@H](C(=O)OC)C(C)C)CC2)cc1. The van der Waals surface area contributed by atoms with Crippen molar-refractivity contribution in [2.45, 2.75) is 19.9 Å². The number of nitrogens with one attached hydrogen (secondary N) is 1. The van der Waals surface area contributed by atoms with Crippen LogP contribution in [0.2, 0.25) is 0 Å². The average molecular weight is 379 g/mol. The molecule has 7 nitrogen and oxygen atoms in total. The van der Waals surface area contributed by atoms with Gasteiger partial charge >= 0.3 is 5.97 Å². The van der Waals surface area contributed by atoms with Crippen LogP contribution in [-0.4, -0.2) is 58.0 Å². The molecule has 1 saturated heterocycles. The van der Waals surface area contributed by atoms with Crippen molar-refractivity contribution in [2.75, 3.05) is 38.2 Å². The van der Waals surface area contributed by atoms with E-state index in [0.717, 1.165) is 11.3 Å². The van der Waals surface area contributed by atoms with Crippen molar-refractivity contribution in [3.63, 3.8) is 0 Å². The van der Waals surface area contributed by atoms with Gasteiger partial charge in [-0.2, -0.15) is 17.4 Å². The second-order valence-corrected chi connectivity index (χ2v) is 8.15. The fourth-order valence-corrected chi connectivity index (χ4v) is 4.26. The molecule has 8 heteroatoms. The monoisotopic (exact) mass is 379 g/mol. The quantitative estimate of drug-likeness (QED) is 0.585. The summed E-state index contributed by atoms with van der Waals surface area (Å²) in [5.41, 5.74) is 1.81. The Balaban J connectivity index is 2.01. The number of nitrogens with zero attached hydrogens (tertiary/aromatic N) is 2. The molecule has 1 fully saturated rings. The summed E-state index contributed by atoms with van der Waals surface area (Å²) in [5, 5.41) is 0. The van der Waals surface area contributed by atoms with Crippen LogP contribution in [-0.2, 0) is 19.7 Å². The van der Waals surface area contributed by atoms with E-state index in [9.17, 15) is 13.2 Å². The Kier molecular flexibility index (Phi) is 6.64. The van der Waals surface area contributed by atoms with E-state index in [-0.39, 0.29) is 5.92 Å². The normalized spacial score (nSPS) is 17.0. The van der Waals surface area contributed by atoms with E-state index in [0.29, 0.717) is 26.2 Å². The molecule has 0 unspecified atom stereocenters. The molecule has 2 rings (SSSR count). The maximum Gasteiger partial charge on any atom is 0.324 e. The molecule has 1 heterocycles. The van der Waals surface area contributed by atoms with Gasteiger partial charge in [0.1, 0.15) is 6.04 Å². The number of terminal acetylenes is 1. The third-order valence-electron chi connectivity index (χ3n) is 4.38.